The Balaban J connectivity index is 2.15. The molecule has 24 heavy (non-hydrogen) atoms. The van der Waals surface area contributed by atoms with Crippen molar-refractivity contribution >= 4 is 0 Å². The van der Waals surface area contributed by atoms with Crippen molar-refractivity contribution < 1.29 is 4.74 Å². The van der Waals surface area contributed by atoms with E-state index in [9.17, 15) is 0 Å². The maximum atomic E-state index is 6.17. The highest BCUT2D eigenvalue weighted by Crippen LogP contribution is 2.33. The molecule has 0 saturated carbocycles. The van der Waals surface area contributed by atoms with Gasteiger partial charge in [-0.15, -0.1) is 0 Å². The second-order valence-electron chi connectivity index (χ2n) is 5.99. The third-order valence-electron chi connectivity index (χ3n) is 4.21. The number of aryl methyl sites for hydroxylation is 2. The lowest BCUT2D eigenvalue weighted by Crippen LogP contribution is -2.18. The van der Waals surface area contributed by atoms with Crippen LogP contribution in [-0.2, 0) is 0 Å². The van der Waals surface area contributed by atoms with Crippen LogP contribution in [0.4, 0.5) is 0 Å². The van der Waals surface area contributed by atoms with Gasteiger partial charge in [0.2, 0.25) is 0 Å². The lowest BCUT2D eigenvalue weighted by atomic mass is 9.93. The summed E-state index contributed by atoms with van der Waals surface area (Å²) in [6.45, 7) is 4.57. The SMILES string of the molecule is COc1ccc(C)cc1C(CN)c1cc(C)nn1-c1ccccc1. The molecule has 0 aliphatic heterocycles. The van der Waals surface area contributed by atoms with Gasteiger partial charge in [0.15, 0.2) is 0 Å². The van der Waals surface area contributed by atoms with Crippen LogP contribution in [0.1, 0.15) is 28.4 Å². The van der Waals surface area contributed by atoms with Crippen molar-refractivity contribution in [2.45, 2.75) is 19.8 Å². The standard InChI is InChI=1S/C20H23N3O/c1-14-9-10-20(24-3)17(11-14)18(13-21)19-12-15(2)22-23(19)16-7-5-4-6-8-16/h4-12,18H,13,21H2,1-3H3. The van der Waals surface area contributed by atoms with E-state index in [1.54, 1.807) is 7.11 Å². The Morgan fingerprint density at radius 2 is 1.83 bits per heavy atom. The van der Waals surface area contributed by atoms with E-state index < -0.39 is 0 Å². The number of hydrogen-bond acceptors (Lipinski definition) is 3. The van der Waals surface area contributed by atoms with Gasteiger partial charge in [-0.2, -0.15) is 5.10 Å². The van der Waals surface area contributed by atoms with E-state index in [-0.39, 0.29) is 5.92 Å². The van der Waals surface area contributed by atoms with Crippen LogP contribution in [0.3, 0.4) is 0 Å². The zero-order chi connectivity index (χ0) is 17.1. The Morgan fingerprint density at radius 3 is 2.50 bits per heavy atom. The molecule has 0 bridgehead atoms. The molecule has 4 heteroatoms. The van der Waals surface area contributed by atoms with Crippen molar-refractivity contribution in [1.29, 1.82) is 0 Å². The predicted octanol–water partition coefficient (Wildman–Crippen LogP) is 3.59. The Hall–Kier alpha value is -2.59. The summed E-state index contributed by atoms with van der Waals surface area (Å²) in [5.41, 5.74) is 11.5. The summed E-state index contributed by atoms with van der Waals surface area (Å²) in [7, 11) is 1.70. The molecule has 1 unspecified atom stereocenters. The topological polar surface area (TPSA) is 53.1 Å². The van der Waals surface area contributed by atoms with Crippen molar-refractivity contribution in [3.63, 3.8) is 0 Å². The van der Waals surface area contributed by atoms with Crippen LogP contribution < -0.4 is 10.5 Å². The van der Waals surface area contributed by atoms with Gasteiger partial charge in [-0.3, -0.25) is 0 Å². The number of nitrogens with zero attached hydrogens (tertiary/aromatic N) is 2. The number of ether oxygens (including phenoxy) is 1. The number of methoxy groups -OCH3 is 1. The molecule has 0 radical (unpaired) electrons. The van der Waals surface area contributed by atoms with Crippen molar-refractivity contribution in [3.8, 4) is 11.4 Å². The van der Waals surface area contributed by atoms with Gasteiger partial charge in [0.25, 0.3) is 0 Å². The van der Waals surface area contributed by atoms with Gasteiger partial charge >= 0.3 is 0 Å². The summed E-state index contributed by atoms with van der Waals surface area (Å²) in [6.07, 6.45) is 0. The molecule has 2 aromatic carbocycles. The summed E-state index contributed by atoms with van der Waals surface area (Å²) >= 11 is 0. The second-order valence-corrected chi connectivity index (χ2v) is 5.99. The second kappa shape index (κ2) is 6.89. The van der Waals surface area contributed by atoms with Crippen molar-refractivity contribution in [2.24, 2.45) is 5.73 Å². The molecular weight excluding hydrogens is 298 g/mol. The predicted molar refractivity (Wildman–Crippen MR) is 96.9 cm³/mol. The fraction of sp³-hybridized carbons (Fsp3) is 0.250. The smallest absolute Gasteiger partial charge is 0.122 e. The molecule has 2 N–H and O–H groups in total. The molecule has 0 amide bonds. The van der Waals surface area contributed by atoms with Gasteiger partial charge in [-0.1, -0.05) is 35.9 Å². The number of rotatable bonds is 5. The summed E-state index contributed by atoms with van der Waals surface area (Å²) < 4.78 is 7.55. The van der Waals surface area contributed by atoms with E-state index in [1.807, 2.05) is 35.9 Å². The molecular formula is C20H23N3O. The first kappa shape index (κ1) is 16.3. The fourth-order valence-corrected chi connectivity index (χ4v) is 3.08. The Kier molecular flexibility index (Phi) is 4.67. The third-order valence-corrected chi connectivity index (χ3v) is 4.21. The van der Waals surface area contributed by atoms with Crippen molar-refractivity contribution in [3.05, 3.63) is 77.1 Å². The molecule has 0 aliphatic carbocycles. The molecule has 1 atom stereocenters. The fourth-order valence-electron chi connectivity index (χ4n) is 3.08. The number of hydrogen-bond donors (Lipinski definition) is 1. The van der Waals surface area contributed by atoms with Gasteiger partial charge in [0.1, 0.15) is 5.75 Å². The summed E-state index contributed by atoms with van der Waals surface area (Å²) in [6, 6.07) is 18.4. The minimum Gasteiger partial charge on any atom is -0.496 e. The molecule has 0 aliphatic rings. The Labute approximate surface area is 142 Å². The summed E-state index contributed by atoms with van der Waals surface area (Å²) in [5, 5.41) is 4.67. The van der Waals surface area contributed by atoms with E-state index in [0.717, 1.165) is 28.4 Å². The third kappa shape index (κ3) is 3.05. The quantitative estimate of drug-likeness (QED) is 0.781. The van der Waals surface area contributed by atoms with Crippen LogP contribution in [0.5, 0.6) is 5.75 Å². The van der Waals surface area contributed by atoms with Crippen LogP contribution in [0.25, 0.3) is 5.69 Å². The first-order valence-corrected chi connectivity index (χ1v) is 8.10. The van der Waals surface area contributed by atoms with Crippen molar-refractivity contribution in [1.82, 2.24) is 9.78 Å². The zero-order valence-corrected chi connectivity index (χ0v) is 14.4. The van der Waals surface area contributed by atoms with Crippen LogP contribution >= 0.6 is 0 Å². The van der Waals surface area contributed by atoms with Crippen LogP contribution in [0.2, 0.25) is 0 Å². The normalized spacial score (nSPS) is 12.2. The molecule has 3 rings (SSSR count). The Bertz CT molecular complexity index is 824. The number of aromatic nitrogens is 2. The minimum absolute atomic E-state index is 0.0151. The highest BCUT2D eigenvalue weighted by molar-refractivity contribution is 5.45. The molecule has 4 nitrogen and oxygen atoms in total. The van der Waals surface area contributed by atoms with Gasteiger partial charge in [0, 0.05) is 18.0 Å². The molecule has 1 aromatic heterocycles. The highest BCUT2D eigenvalue weighted by Gasteiger charge is 2.22. The van der Waals surface area contributed by atoms with Crippen LogP contribution in [0.15, 0.2) is 54.6 Å². The summed E-state index contributed by atoms with van der Waals surface area (Å²) in [4.78, 5) is 0. The largest absolute Gasteiger partial charge is 0.496 e. The lowest BCUT2D eigenvalue weighted by molar-refractivity contribution is 0.407. The Morgan fingerprint density at radius 1 is 1.08 bits per heavy atom. The molecule has 0 saturated heterocycles. The molecule has 0 spiro atoms. The number of benzene rings is 2. The maximum absolute atomic E-state index is 6.17. The van der Waals surface area contributed by atoms with E-state index >= 15 is 0 Å². The van der Waals surface area contributed by atoms with E-state index in [1.165, 1.54) is 5.56 Å². The molecule has 124 valence electrons. The summed E-state index contributed by atoms with van der Waals surface area (Å²) in [5.74, 6) is 0.871. The molecule has 3 aromatic rings. The lowest BCUT2D eigenvalue weighted by Gasteiger charge is -2.20. The van der Waals surface area contributed by atoms with E-state index in [2.05, 4.69) is 42.4 Å². The first-order chi connectivity index (χ1) is 11.6. The zero-order valence-electron chi connectivity index (χ0n) is 14.4. The number of para-hydroxylation sites is 1. The van der Waals surface area contributed by atoms with Gasteiger partial charge < -0.3 is 10.5 Å². The van der Waals surface area contributed by atoms with Crippen molar-refractivity contribution in [2.75, 3.05) is 13.7 Å². The number of nitrogens with two attached hydrogens (primary N) is 1. The monoisotopic (exact) mass is 321 g/mol. The van der Waals surface area contributed by atoms with Gasteiger partial charge in [-0.05, 0) is 38.1 Å². The molecule has 1 heterocycles. The minimum atomic E-state index is 0.0151. The van der Waals surface area contributed by atoms with Crippen LogP contribution in [0, 0.1) is 13.8 Å². The maximum Gasteiger partial charge on any atom is 0.122 e. The van der Waals surface area contributed by atoms with Gasteiger partial charge in [0.05, 0.1) is 24.2 Å². The van der Waals surface area contributed by atoms with E-state index in [4.69, 9.17) is 10.5 Å². The van der Waals surface area contributed by atoms with E-state index in [0.29, 0.717) is 6.54 Å². The first-order valence-electron chi connectivity index (χ1n) is 8.10. The average Bonchev–Trinajstić information content (AvgIpc) is 2.98. The van der Waals surface area contributed by atoms with Gasteiger partial charge in [-0.25, -0.2) is 4.68 Å². The highest BCUT2D eigenvalue weighted by atomic mass is 16.5. The molecule has 0 fully saturated rings. The average molecular weight is 321 g/mol. The van der Waals surface area contributed by atoms with Crippen LogP contribution in [-0.4, -0.2) is 23.4 Å².